The van der Waals surface area contributed by atoms with Crippen LogP contribution in [0.2, 0.25) is 0 Å². The van der Waals surface area contributed by atoms with E-state index in [9.17, 15) is 4.79 Å². The summed E-state index contributed by atoms with van der Waals surface area (Å²) in [5, 5.41) is 5.36. The van der Waals surface area contributed by atoms with Gasteiger partial charge in [-0.25, -0.2) is 0 Å². The third-order valence-corrected chi connectivity index (χ3v) is 3.54. The van der Waals surface area contributed by atoms with Crippen molar-refractivity contribution < 1.29 is 4.79 Å². The Labute approximate surface area is 130 Å². The van der Waals surface area contributed by atoms with Crippen LogP contribution in [0.4, 0.5) is 0 Å². The molecule has 0 atom stereocenters. The minimum absolute atomic E-state index is 0.00585. The monoisotopic (exact) mass is 287 g/mol. The van der Waals surface area contributed by atoms with Crippen LogP contribution >= 0.6 is 0 Å². The van der Waals surface area contributed by atoms with E-state index in [0.717, 1.165) is 10.8 Å². The van der Waals surface area contributed by atoms with Crippen LogP contribution in [-0.2, 0) is 6.54 Å². The number of carbonyl (C=O) groups excluding carboxylic acids is 1. The number of nitrogens with one attached hydrogen (secondary N) is 1. The van der Waals surface area contributed by atoms with Gasteiger partial charge < -0.3 is 5.32 Å². The standard InChI is InChI=1S/C20H17NO/c22-20(12-13-21-15-16-6-2-1-3-7-16)19-11-10-17-8-4-5-9-18(17)14-19/h1-14,21H,15H2/b13-12-. The maximum atomic E-state index is 12.2. The van der Waals surface area contributed by atoms with E-state index >= 15 is 0 Å². The average molecular weight is 287 g/mol. The summed E-state index contributed by atoms with van der Waals surface area (Å²) in [6, 6.07) is 23.9. The van der Waals surface area contributed by atoms with Crippen LogP contribution in [0.5, 0.6) is 0 Å². The van der Waals surface area contributed by atoms with Crippen LogP contribution < -0.4 is 5.32 Å². The zero-order valence-electron chi connectivity index (χ0n) is 12.2. The SMILES string of the molecule is O=C(/C=C\NCc1ccccc1)c1ccc2ccccc2c1. The van der Waals surface area contributed by atoms with Gasteiger partial charge in [0.15, 0.2) is 5.78 Å². The van der Waals surface area contributed by atoms with E-state index in [1.54, 1.807) is 12.3 Å². The molecule has 22 heavy (non-hydrogen) atoms. The first-order valence-electron chi connectivity index (χ1n) is 7.30. The highest BCUT2D eigenvalue weighted by atomic mass is 16.1. The summed E-state index contributed by atoms with van der Waals surface area (Å²) in [6.07, 6.45) is 3.29. The second-order valence-electron chi connectivity index (χ2n) is 5.13. The summed E-state index contributed by atoms with van der Waals surface area (Å²) in [6.45, 7) is 0.711. The molecule has 3 rings (SSSR count). The molecule has 0 spiro atoms. The summed E-state index contributed by atoms with van der Waals surface area (Å²) >= 11 is 0. The smallest absolute Gasteiger partial charge is 0.187 e. The van der Waals surface area contributed by atoms with E-state index in [-0.39, 0.29) is 5.78 Å². The fourth-order valence-electron chi connectivity index (χ4n) is 2.35. The van der Waals surface area contributed by atoms with Gasteiger partial charge in [0.2, 0.25) is 0 Å². The molecule has 0 aliphatic rings. The minimum Gasteiger partial charge on any atom is -0.387 e. The number of hydrogen-bond acceptors (Lipinski definition) is 2. The Morgan fingerprint density at radius 3 is 2.41 bits per heavy atom. The molecule has 0 unspecified atom stereocenters. The van der Waals surface area contributed by atoms with E-state index in [0.29, 0.717) is 12.1 Å². The number of carbonyl (C=O) groups is 1. The molecule has 3 aromatic rings. The lowest BCUT2D eigenvalue weighted by Gasteiger charge is -2.02. The Morgan fingerprint density at radius 2 is 1.59 bits per heavy atom. The quantitative estimate of drug-likeness (QED) is 0.559. The van der Waals surface area contributed by atoms with Crippen molar-refractivity contribution >= 4 is 16.6 Å². The van der Waals surface area contributed by atoms with Gasteiger partial charge in [0.1, 0.15) is 0 Å². The lowest BCUT2D eigenvalue weighted by Crippen LogP contribution is -2.05. The summed E-state index contributed by atoms with van der Waals surface area (Å²) in [5.41, 5.74) is 1.89. The molecule has 2 nitrogen and oxygen atoms in total. The van der Waals surface area contributed by atoms with Gasteiger partial charge in [-0.15, -0.1) is 0 Å². The van der Waals surface area contributed by atoms with Crippen molar-refractivity contribution in [3.63, 3.8) is 0 Å². The van der Waals surface area contributed by atoms with Crippen LogP contribution in [0, 0.1) is 0 Å². The van der Waals surface area contributed by atoms with Gasteiger partial charge >= 0.3 is 0 Å². The fourth-order valence-corrected chi connectivity index (χ4v) is 2.35. The van der Waals surface area contributed by atoms with Crippen LogP contribution in [0.3, 0.4) is 0 Å². The van der Waals surface area contributed by atoms with Gasteiger partial charge in [-0.2, -0.15) is 0 Å². The van der Waals surface area contributed by atoms with E-state index in [1.807, 2.05) is 72.8 Å². The molecule has 0 saturated heterocycles. The molecule has 0 fully saturated rings. The molecular weight excluding hydrogens is 270 g/mol. The summed E-state index contributed by atoms with van der Waals surface area (Å²) in [7, 11) is 0. The Morgan fingerprint density at radius 1 is 0.864 bits per heavy atom. The van der Waals surface area contributed by atoms with E-state index in [2.05, 4.69) is 5.32 Å². The van der Waals surface area contributed by atoms with Crippen LogP contribution in [0.15, 0.2) is 85.1 Å². The normalized spacial score (nSPS) is 10.9. The van der Waals surface area contributed by atoms with Gasteiger partial charge in [0, 0.05) is 24.4 Å². The molecule has 108 valence electrons. The topological polar surface area (TPSA) is 29.1 Å². The predicted molar refractivity (Wildman–Crippen MR) is 90.7 cm³/mol. The first-order valence-corrected chi connectivity index (χ1v) is 7.30. The fraction of sp³-hybridized carbons (Fsp3) is 0.0500. The Kier molecular flexibility index (Phi) is 4.30. The van der Waals surface area contributed by atoms with Crippen LogP contribution in [-0.4, -0.2) is 5.78 Å². The first-order chi connectivity index (χ1) is 10.8. The highest BCUT2D eigenvalue weighted by Gasteiger charge is 2.02. The number of benzene rings is 3. The second-order valence-corrected chi connectivity index (χ2v) is 5.13. The van der Waals surface area contributed by atoms with E-state index in [4.69, 9.17) is 0 Å². The van der Waals surface area contributed by atoms with Gasteiger partial charge in [0.05, 0.1) is 0 Å². The zero-order chi connectivity index (χ0) is 15.2. The lowest BCUT2D eigenvalue weighted by atomic mass is 10.0. The third-order valence-electron chi connectivity index (χ3n) is 3.54. The van der Waals surface area contributed by atoms with Gasteiger partial charge in [-0.05, 0) is 22.4 Å². The molecule has 0 saturated carbocycles. The maximum Gasteiger partial charge on any atom is 0.187 e. The molecule has 3 aromatic carbocycles. The number of fused-ring (bicyclic) bond motifs is 1. The number of ketones is 1. The lowest BCUT2D eigenvalue weighted by molar-refractivity contribution is 0.104. The molecule has 0 amide bonds. The molecule has 0 aliphatic heterocycles. The third kappa shape index (κ3) is 3.41. The molecule has 2 heteroatoms. The van der Waals surface area contributed by atoms with Gasteiger partial charge in [-0.1, -0.05) is 66.7 Å². The average Bonchev–Trinajstić information content (AvgIpc) is 2.59. The Balaban J connectivity index is 1.64. The number of hydrogen-bond donors (Lipinski definition) is 1. The minimum atomic E-state index is 0.00585. The number of rotatable bonds is 5. The van der Waals surface area contributed by atoms with Crippen molar-refractivity contribution in [2.45, 2.75) is 6.54 Å². The van der Waals surface area contributed by atoms with Crippen molar-refractivity contribution in [1.29, 1.82) is 0 Å². The Hall–Kier alpha value is -2.87. The van der Waals surface area contributed by atoms with Crippen molar-refractivity contribution in [3.8, 4) is 0 Å². The summed E-state index contributed by atoms with van der Waals surface area (Å²) in [4.78, 5) is 12.2. The molecule has 0 radical (unpaired) electrons. The predicted octanol–water partition coefficient (Wildman–Crippen LogP) is 4.33. The highest BCUT2D eigenvalue weighted by molar-refractivity contribution is 6.06. The van der Waals surface area contributed by atoms with Crippen molar-refractivity contribution in [1.82, 2.24) is 5.32 Å². The molecule has 0 aromatic heterocycles. The maximum absolute atomic E-state index is 12.2. The van der Waals surface area contributed by atoms with Crippen LogP contribution in [0.1, 0.15) is 15.9 Å². The Bertz CT molecular complexity index is 806. The summed E-state index contributed by atoms with van der Waals surface area (Å²) < 4.78 is 0. The van der Waals surface area contributed by atoms with Gasteiger partial charge in [0.25, 0.3) is 0 Å². The molecule has 0 bridgehead atoms. The number of allylic oxidation sites excluding steroid dienone is 1. The van der Waals surface area contributed by atoms with E-state index < -0.39 is 0 Å². The second kappa shape index (κ2) is 6.72. The largest absolute Gasteiger partial charge is 0.387 e. The van der Waals surface area contributed by atoms with Gasteiger partial charge in [-0.3, -0.25) is 4.79 Å². The van der Waals surface area contributed by atoms with Crippen molar-refractivity contribution in [2.75, 3.05) is 0 Å². The van der Waals surface area contributed by atoms with Crippen LogP contribution in [0.25, 0.3) is 10.8 Å². The summed E-state index contributed by atoms with van der Waals surface area (Å²) in [5.74, 6) is 0.00585. The van der Waals surface area contributed by atoms with Crippen molar-refractivity contribution in [2.24, 2.45) is 0 Å². The highest BCUT2D eigenvalue weighted by Crippen LogP contribution is 2.16. The molecule has 1 N–H and O–H groups in total. The van der Waals surface area contributed by atoms with Crippen molar-refractivity contribution in [3.05, 3.63) is 96.2 Å². The zero-order valence-corrected chi connectivity index (χ0v) is 12.2. The molecular formula is C20H17NO. The molecule has 0 heterocycles. The molecule has 0 aliphatic carbocycles. The first kappa shape index (κ1) is 14.1. The van der Waals surface area contributed by atoms with E-state index in [1.165, 1.54) is 5.56 Å².